The monoisotopic (exact) mass is 281 g/mol. The van der Waals surface area contributed by atoms with E-state index in [-0.39, 0.29) is 17.6 Å². The van der Waals surface area contributed by atoms with Gasteiger partial charge in [-0.15, -0.1) is 0 Å². The minimum Gasteiger partial charge on any atom is -0.324 e. The third-order valence-corrected chi connectivity index (χ3v) is 5.16. The fourth-order valence-electron chi connectivity index (χ4n) is 3.51. The molecule has 4 nitrogen and oxygen atoms in total. The number of nitrogens with one attached hydrogen (secondary N) is 1. The highest BCUT2D eigenvalue weighted by Crippen LogP contribution is 2.26. The molecule has 2 rings (SSSR count). The second-order valence-corrected chi connectivity index (χ2v) is 6.66. The molecule has 3 atom stereocenters. The van der Waals surface area contributed by atoms with Gasteiger partial charge in [0.1, 0.15) is 0 Å². The van der Waals surface area contributed by atoms with Crippen molar-refractivity contribution in [3.05, 3.63) is 0 Å². The maximum absolute atomic E-state index is 12.7. The number of carbonyl (C=O) groups excluding carboxylic acids is 1. The lowest BCUT2D eigenvalue weighted by Crippen LogP contribution is -2.48. The summed E-state index contributed by atoms with van der Waals surface area (Å²) < 4.78 is 0. The van der Waals surface area contributed by atoms with Gasteiger partial charge in [0.05, 0.1) is 11.7 Å². The van der Waals surface area contributed by atoms with E-state index in [0.717, 1.165) is 19.4 Å². The van der Waals surface area contributed by atoms with Crippen LogP contribution in [0.1, 0.15) is 59.8 Å². The van der Waals surface area contributed by atoms with Gasteiger partial charge in [0.25, 0.3) is 0 Å². The first-order valence-corrected chi connectivity index (χ1v) is 8.34. The second kappa shape index (κ2) is 6.44. The first-order chi connectivity index (χ1) is 9.51. The number of nitrogens with zero attached hydrogens (tertiary/aromatic N) is 2. The Hall–Kier alpha value is -0.610. The highest BCUT2D eigenvalue weighted by Gasteiger charge is 2.46. The maximum atomic E-state index is 12.7. The minimum absolute atomic E-state index is 0.208. The third-order valence-electron chi connectivity index (χ3n) is 5.16. The largest absolute Gasteiger partial charge is 0.324 e. The van der Waals surface area contributed by atoms with Crippen LogP contribution in [0.15, 0.2) is 0 Å². The summed E-state index contributed by atoms with van der Waals surface area (Å²) in [5.74, 6) is 0.288. The Labute approximate surface area is 123 Å². The normalized spacial score (nSPS) is 33.7. The van der Waals surface area contributed by atoms with E-state index in [1.165, 1.54) is 32.4 Å². The lowest BCUT2D eigenvalue weighted by atomic mass is 9.99. The molecule has 2 aliphatic rings. The van der Waals surface area contributed by atoms with E-state index in [1.54, 1.807) is 0 Å². The van der Waals surface area contributed by atoms with Gasteiger partial charge in [-0.25, -0.2) is 0 Å². The van der Waals surface area contributed by atoms with Crippen molar-refractivity contribution < 1.29 is 4.79 Å². The zero-order valence-electron chi connectivity index (χ0n) is 13.6. The standard InChI is InChI=1S/C16H31N3O/c1-5-14-17-16(4,6-2)15(20)19(14)12-13(3)18-10-8-7-9-11-18/h13-14,17H,5-12H2,1-4H3. The molecule has 2 aliphatic heterocycles. The fraction of sp³-hybridized carbons (Fsp3) is 0.938. The zero-order chi connectivity index (χ0) is 14.8. The van der Waals surface area contributed by atoms with Gasteiger partial charge in [-0.3, -0.25) is 15.0 Å². The van der Waals surface area contributed by atoms with Gasteiger partial charge < -0.3 is 4.90 Å². The molecule has 0 aliphatic carbocycles. The first-order valence-electron chi connectivity index (χ1n) is 8.34. The van der Waals surface area contributed by atoms with E-state index in [1.807, 2.05) is 6.92 Å². The molecule has 2 saturated heterocycles. The summed E-state index contributed by atoms with van der Waals surface area (Å²) >= 11 is 0. The molecular formula is C16H31N3O. The lowest BCUT2D eigenvalue weighted by molar-refractivity contribution is -0.133. The summed E-state index contributed by atoms with van der Waals surface area (Å²) in [4.78, 5) is 17.3. The van der Waals surface area contributed by atoms with Crippen LogP contribution >= 0.6 is 0 Å². The number of carbonyl (C=O) groups is 1. The van der Waals surface area contributed by atoms with Gasteiger partial charge in [-0.1, -0.05) is 20.3 Å². The highest BCUT2D eigenvalue weighted by atomic mass is 16.2. The molecule has 0 bridgehead atoms. The molecule has 2 fully saturated rings. The summed E-state index contributed by atoms with van der Waals surface area (Å²) in [6.45, 7) is 11.8. The van der Waals surface area contributed by atoms with Crippen LogP contribution in [0.4, 0.5) is 0 Å². The molecule has 1 amide bonds. The number of hydrogen-bond acceptors (Lipinski definition) is 3. The first kappa shape index (κ1) is 15.8. The fourth-order valence-corrected chi connectivity index (χ4v) is 3.51. The average Bonchev–Trinajstić information content (AvgIpc) is 2.73. The van der Waals surface area contributed by atoms with Crippen molar-refractivity contribution in [1.82, 2.24) is 15.1 Å². The summed E-state index contributed by atoms with van der Waals surface area (Å²) in [6, 6.07) is 0.467. The van der Waals surface area contributed by atoms with E-state index in [0.29, 0.717) is 6.04 Å². The molecule has 0 spiro atoms. The van der Waals surface area contributed by atoms with Crippen molar-refractivity contribution in [3.63, 3.8) is 0 Å². The van der Waals surface area contributed by atoms with Crippen LogP contribution in [0.3, 0.4) is 0 Å². The lowest BCUT2D eigenvalue weighted by Gasteiger charge is -2.36. The van der Waals surface area contributed by atoms with Crippen molar-refractivity contribution >= 4 is 5.91 Å². The molecule has 3 unspecified atom stereocenters. The molecule has 20 heavy (non-hydrogen) atoms. The smallest absolute Gasteiger partial charge is 0.243 e. The van der Waals surface area contributed by atoms with Gasteiger partial charge >= 0.3 is 0 Å². The molecule has 0 aromatic heterocycles. The number of likely N-dealkylation sites (tertiary alicyclic amines) is 1. The SMILES string of the molecule is CCC1NC(C)(CC)C(=O)N1CC(C)N1CCCCC1. The quantitative estimate of drug-likeness (QED) is 0.839. The summed E-state index contributed by atoms with van der Waals surface area (Å²) in [5.41, 5.74) is -0.359. The maximum Gasteiger partial charge on any atom is 0.243 e. The number of amides is 1. The molecule has 116 valence electrons. The third kappa shape index (κ3) is 3.01. The Kier molecular flexibility index (Phi) is 5.08. The molecule has 0 aromatic carbocycles. The number of hydrogen-bond donors (Lipinski definition) is 1. The number of piperidine rings is 1. The predicted molar refractivity (Wildman–Crippen MR) is 82.5 cm³/mol. The second-order valence-electron chi connectivity index (χ2n) is 6.66. The van der Waals surface area contributed by atoms with Crippen molar-refractivity contribution in [2.24, 2.45) is 0 Å². The molecule has 0 radical (unpaired) electrons. The Bertz CT molecular complexity index is 341. The van der Waals surface area contributed by atoms with Crippen LogP contribution in [0.5, 0.6) is 0 Å². The molecular weight excluding hydrogens is 250 g/mol. The van der Waals surface area contributed by atoms with Gasteiger partial charge in [-0.2, -0.15) is 0 Å². The summed E-state index contributed by atoms with van der Waals surface area (Å²) in [7, 11) is 0. The van der Waals surface area contributed by atoms with Gasteiger partial charge in [0, 0.05) is 12.6 Å². The van der Waals surface area contributed by atoms with E-state index in [2.05, 4.69) is 35.9 Å². The Morgan fingerprint density at radius 2 is 1.95 bits per heavy atom. The van der Waals surface area contributed by atoms with E-state index < -0.39 is 0 Å². The van der Waals surface area contributed by atoms with Crippen LogP contribution in [-0.4, -0.2) is 53.1 Å². The van der Waals surface area contributed by atoms with Crippen LogP contribution in [0.25, 0.3) is 0 Å². The molecule has 2 heterocycles. The van der Waals surface area contributed by atoms with Gasteiger partial charge in [0.15, 0.2) is 0 Å². The Morgan fingerprint density at radius 3 is 2.50 bits per heavy atom. The van der Waals surface area contributed by atoms with Crippen molar-refractivity contribution in [2.45, 2.75) is 77.5 Å². The topological polar surface area (TPSA) is 35.6 Å². The predicted octanol–water partition coefficient (Wildman–Crippen LogP) is 2.20. The van der Waals surface area contributed by atoms with Crippen molar-refractivity contribution in [1.29, 1.82) is 0 Å². The molecule has 4 heteroatoms. The van der Waals surface area contributed by atoms with Crippen LogP contribution in [0, 0.1) is 0 Å². The molecule has 0 saturated carbocycles. The molecule has 0 aromatic rings. The van der Waals surface area contributed by atoms with Crippen molar-refractivity contribution in [2.75, 3.05) is 19.6 Å². The Balaban J connectivity index is 2.01. The van der Waals surface area contributed by atoms with Gasteiger partial charge in [0.2, 0.25) is 5.91 Å². The highest BCUT2D eigenvalue weighted by molar-refractivity contribution is 5.88. The average molecular weight is 281 g/mol. The van der Waals surface area contributed by atoms with Crippen LogP contribution < -0.4 is 5.32 Å². The minimum atomic E-state index is -0.359. The zero-order valence-corrected chi connectivity index (χ0v) is 13.6. The van der Waals surface area contributed by atoms with Gasteiger partial charge in [-0.05, 0) is 52.6 Å². The van der Waals surface area contributed by atoms with E-state index in [4.69, 9.17) is 0 Å². The molecule has 1 N–H and O–H groups in total. The number of rotatable bonds is 5. The summed E-state index contributed by atoms with van der Waals surface area (Å²) in [6.07, 6.45) is 6.02. The van der Waals surface area contributed by atoms with Crippen LogP contribution in [0.2, 0.25) is 0 Å². The summed E-state index contributed by atoms with van der Waals surface area (Å²) in [5, 5.41) is 3.53. The Morgan fingerprint density at radius 1 is 1.30 bits per heavy atom. The van der Waals surface area contributed by atoms with Crippen molar-refractivity contribution in [3.8, 4) is 0 Å². The van der Waals surface area contributed by atoms with E-state index >= 15 is 0 Å². The van der Waals surface area contributed by atoms with E-state index in [9.17, 15) is 4.79 Å². The van der Waals surface area contributed by atoms with Crippen LogP contribution in [-0.2, 0) is 4.79 Å².